The summed E-state index contributed by atoms with van der Waals surface area (Å²) in [7, 11) is 0. The number of nitrogen functional groups attached to an aromatic ring is 1. The number of amidine groups is 1. The minimum Gasteiger partial charge on any atom is -0.384 e. The molecule has 1 aromatic rings. The van der Waals surface area contributed by atoms with Crippen LogP contribution in [0.15, 0.2) is 12.3 Å². The van der Waals surface area contributed by atoms with Crippen LogP contribution in [0.5, 0.6) is 0 Å². The zero-order chi connectivity index (χ0) is 13.1. The van der Waals surface area contributed by atoms with E-state index >= 15 is 0 Å². The van der Waals surface area contributed by atoms with Gasteiger partial charge in [-0.05, 0) is 25.8 Å². The third kappa shape index (κ3) is 2.58. The van der Waals surface area contributed by atoms with E-state index in [1.807, 2.05) is 0 Å². The Bertz CT molecular complexity index is 447. The maximum Gasteiger partial charge on any atom is 0.148 e. The Hall–Kier alpha value is -1.29. The van der Waals surface area contributed by atoms with Crippen molar-refractivity contribution in [1.82, 2.24) is 4.98 Å². The first-order valence-corrected chi connectivity index (χ1v) is 6.74. The Morgan fingerprint density at radius 2 is 2.28 bits per heavy atom. The van der Waals surface area contributed by atoms with Crippen molar-refractivity contribution in [2.45, 2.75) is 38.6 Å². The fourth-order valence-corrected chi connectivity index (χ4v) is 2.75. The van der Waals surface area contributed by atoms with Crippen LogP contribution in [-0.2, 0) is 0 Å². The summed E-state index contributed by atoms with van der Waals surface area (Å²) in [4.78, 5) is 6.62. The van der Waals surface area contributed by atoms with Crippen LogP contribution in [0.3, 0.4) is 0 Å². The van der Waals surface area contributed by atoms with Gasteiger partial charge in [0.05, 0.1) is 5.02 Å². The van der Waals surface area contributed by atoms with Gasteiger partial charge in [-0.3, -0.25) is 5.41 Å². The second kappa shape index (κ2) is 5.57. The smallest absolute Gasteiger partial charge is 0.148 e. The molecule has 0 amide bonds. The lowest BCUT2D eigenvalue weighted by atomic mass is 10.1. The van der Waals surface area contributed by atoms with Crippen molar-refractivity contribution < 1.29 is 0 Å². The van der Waals surface area contributed by atoms with E-state index in [1.165, 1.54) is 12.8 Å². The van der Waals surface area contributed by atoms with E-state index in [4.69, 9.17) is 22.7 Å². The second-order valence-electron chi connectivity index (χ2n) is 4.80. The van der Waals surface area contributed by atoms with Crippen molar-refractivity contribution in [2.75, 3.05) is 11.4 Å². The predicted octanol–water partition coefficient (Wildman–Crippen LogP) is 2.79. The Balaban J connectivity index is 2.37. The van der Waals surface area contributed by atoms with Crippen LogP contribution in [0.2, 0.25) is 5.02 Å². The molecule has 5 heteroatoms. The number of nitrogens with zero attached hydrogens (tertiary/aromatic N) is 2. The lowest BCUT2D eigenvalue weighted by Gasteiger charge is -2.29. The molecule has 0 radical (unpaired) electrons. The van der Waals surface area contributed by atoms with Gasteiger partial charge in [-0.25, -0.2) is 4.98 Å². The van der Waals surface area contributed by atoms with Crippen molar-refractivity contribution >= 4 is 23.3 Å². The normalized spacial score (nSPS) is 20.6. The number of rotatable bonds is 2. The fraction of sp³-hybridized carbons (Fsp3) is 0.538. The van der Waals surface area contributed by atoms with Gasteiger partial charge in [0.25, 0.3) is 0 Å². The van der Waals surface area contributed by atoms with Crippen molar-refractivity contribution in [1.29, 1.82) is 5.41 Å². The number of hydrogen-bond acceptors (Lipinski definition) is 3. The molecule has 0 saturated carbocycles. The van der Waals surface area contributed by atoms with E-state index in [9.17, 15) is 0 Å². The first kappa shape index (κ1) is 13.1. The van der Waals surface area contributed by atoms with E-state index in [2.05, 4.69) is 16.8 Å². The van der Waals surface area contributed by atoms with Gasteiger partial charge in [0.2, 0.25) is 0 Å². The largest absolute Gasteiger partial charge is 0.384 e. The third-order valence-corrected chi connectivity index (χ3v) is 3.86. The summed E-state index contributed by atoms with van der Waals surface area (Å²) >= 11 is 6.33. The lowest BCUT2D eigenvalue weighted by molar-refractivity contribution is 0.611. The summed E-state index contributed by atoms with van der Waals surface area (Å²) in [6, 6.07) is 2.12. The van der Waals surface area contributed by atoms with Gasteiger partial charge >= 0.3 is 0 Å². The quantitative estimate of drug-likeness (QED) is 0.639. The second-order valence-corrected chi connectivity index (χ2v) is 5.18. The summed E-state index contributed by atoms with van der Waals surface area (Å²) in [6.07, 6.45) is 6.50. The van der Waals surface area contributed by atoms with Crippen LogP contribution >= 0.6 is 11.6 Å². The SMILES string of the molecule is CC1CCCCCN1c1nccc(C(=N)N)c1Cl. The van der Waals surface area contributed by atoms with E-state index in [1.54, 1.807) is 12.3 Å². The summed E-state index contributed by atoms with van der Waals surface area (Å²) in [5, 5.41) is 8.03. The molecule has 1 unspecified atom stereocenters. The van der Waals surface area contributed by atoms with Crippen molar-refractivity contribution in [3.63, 3.8) is 0 Å². The molecule has 0 aromatic carbocycles. The van der Waals surface area contributed by atoms with Crippen LogP contribution in [0.25, 0.3) is 0 Å². The molecule has 2 heterocycles. The molecule has 0 bridgehead atoms. The van der Waals surface area contributed by atoms with E-state index < -0.39 is 0 Å². The molecule has 4 nitrogen and oxygen atoms in total. The van der Waals surface area contributed by atoms with Gasteiger partial charge in [-0.1, -0.05) is 24.4 Å². The highest BCUT2D eigenvalue weighted by Crippen LogP contribution is 2.30. The molecule has 18 heavy (non-hydrogen) atoms. The molecule has 1 aliphatic heterocycles. The fourth-order valence-electron chi connectivity index (χ4n) is 2.43. The highest BCUT2D eigenvalue weighted by Gasteiger charge is 2.22. The standard InChI is InChI=1S/C13H19ClN4/c1-9-5-3-2-4-8-18(9)13-11(14)10(12(15)16)6-7-17-13/h6-7,9H,2-5,8H2,1H3,(H3,15,16). The topological polar surface area (TPSA) is 66.0 Å². The molecule has 1 atom stereocenters. The van der Waals surface area contributed by atoms with E-state index in [-0.39, 0.29) is 5.84 Å². The maximum atomic E-state index is 7.53. The van der Waals surface area contributed by atoms with Crippen molar-refractivity contribution in [3.05, 3.63) is 22.8 Å². The number of pyridine rings is 1. The number of aromatic nitrogens is 1. The molecule has 1 saturated heterocycles. The van der Waals surface area contributed by atoms with Gasteiger partial charge in [0, 0.05) is 24.3 Å². The molecule has 98 valence electrons. The molecule has 0 spiro atoms. The van der Waals surface area contributed by atoms with Gasteiger partial charge in [0.1, 0.15) is 11.7 Å². The maximum absolute atomic E-state index is 7.53. The number of nitrogens with two attached hydrogens (primary N) is 1. The van der Waals surface area contributed by atoms with Gasteiger partial charge in [-0.15, -0.1) is 0 Å². The zero-order valence-corrected chi connectivity index (χ0v) is 11.4. The average Bonchev–Trinajstić information content (AvgIpc) is 2.54. The van der Waals surface area contributed by atoms with Crippen molar-refractivity contribution in [2.24, 2.45) is 5.73 Å². The Morgan fingerprint density at radius 1 is 1.50 bits per heavy atom. The third-order valence-electron chi connectivity index (χ3n) is 3.49. The highest BCUT2D eigenvalue weighted by atomic mass is 35.5. The minimum atomic E-state index is -0.00822. The van der Waals surface area contributed by atoms with Crippen LogP contribution in [0.4, 0.5) is 5.82 Å². The molecule has 3 N–H and O–H groups in total. The number of halogens is 1. The van der Waals surface area contributed by atoms with Crippen LogP contribution in [0, 0.1) is 5.41 Å². The van der Waals surface area contributed by atoms with E-state index in [0.29, 0.717) is 16.6 Å². The van der Waals surface area contributed by atoms with Gasteiger partial charge in [-0.2, -0.15) is 0 Å². The summed E-state index contributed by atoms with van der Waals surface area (Å²) in [5.41, 5.74) is 6.10. The number of hydrogen-bond donors (Lipinski definition) is 2. The monoisotopic (exact) mass is 266 g/mol. The van der Waals surface area contributed by atoms with Crippen molar-refractivity contribution in [3.8, 4) is 0 Å². The number of anilines is 1. The lowest BCUT2D eigenvalue weighted by Crippen LogP contribution is -2.33. The van der Waals surface area contributed by atoms with Crippen LogP contribution < -0.4 is 10.6 Å². The molecular weight excluding hydrogens is 248 g/mol. The number of nitrogens with one attached hydrogen (secondary N) is 1. The van der Waals surface area contributed by atoms with Gasteiger partial charge in [0.15, 0.2) is 0 Å². The summed E-state index contributed by atoms with van der Waals surface area (Å²) in [6.45, 7) is 3.17. The predicted molar refractivity (Wildman–Crippen MR) is 75.5 cm³/mol. The Morgan fingerprint density at radius 3 is 3.00 bits per heavy atom. The molecule has 1 aliphatic rings. The van der Waals surface area contributed by atoms with E-state index in [0.717, 1.165) is 25.2 Å². The van der Waals surface area contributed by atoms with Crippen LogP contribution in [0.1, 0.15) is 38.2 Å². The van der Waals surface area contributed by atoms with Crippen LogP contribution in [-0.4, -0.2) is 23.4 Å². The molecule has 1 aromatic heterocycles. The minimum absolute atomic E-state index is 0.00822. The molecular formula is C13H19ClN4. The summed E-state index contributed by atoms with van der Waals surface area (Å²) in [5.74, 6) is 0.755. The highest BCUT2D eigenvalue weighted by molar-refractivity contribution is 6.36. The first-order chi connectivity index (χ1) is 8.61. The average molecular weight is 267 g/mol. The Kier molecular flexibility index (Phi) is 4.07. The Labute approximate surface area is 113 Å². The molecule has 1 fully saturated rings. The molecule has 0 aliphatic carbocycles. The zero-order valence-electron chi connectivity index (χ0n) is 10.6. The van der Waals surface area contributed by atoms with Gasteiger partial charge < -0.3 is 10.6 Å². The molecule has 2 rings (SSSR count). The summed E-state index contributed by atoms with van der Waals surface area (Å²) < 4.78 is 0. The first-order valence-electron chi connectivity index (χ1n) is 6.37.